The van der Waals surface area contributed by atoms with Gasteiger partial charge in [-0.2, -0.15) is 5.26 Å². The van der Waals surface area contributed by atoms with Gasteiger partial charge in [-0.3, -0.25) is 4.98 Å². The lowest BCUT2D eigenvalue weighted by atomic mass is 9.99. The molecule has 0 radical (unpaired) electrons. The lowest BCUT2D eigenvalue weighted by molar-refractivity contribution is -0.184. The van der Waals surface area contributed by atoms with E-state index in [0.29, 0.717) is 50.1 Å². The maximum absolute atomic E-state index is 12.6. The standard InChI is InChI=1S/C22H26N6O4/c1-3-22(14-30-15-22)32-21(29)27-6-7-28(16(2)12-27)20-25-10-19(11-26-20)31-13-17-4-5-24-9-18(17)8-23/h4-5,9-11,16H,3,6-7,12-15H2,1-2H3/t16-/m1/s1. The van der Waals surface area contributed by atoms with Crippen molar-refractivity contribution in [2.24, 2.45) is 0 Å². The molecule has 0 saturated carbocycles. The SMILES string of the molecule is CCC1(OC(=O)N2CCN(c3ncc(OCc4ccncc4C#N)cn3)[C@H](C)C2)COC1. The lowest BCUT2D eigenvalue weighted by Gasteiger charge is -2.43. The third-order valence-corrected chi connectivity index (χ3v) is 5.86. The van der Waals surface area contributed by atoms with Gasteiger partial charge in [0.15, 0.2) is 11.4 Å². The van der Waals surface area contributed by atoms with E-state index in [1.165, 1.54) is 6.20 Å². The summed E-state index contributed by atoms with van der Waals surface area (Å²) in [7, 11) is 0. The first-order chi connectivity index (χ1) is 15.5. The molecule has 0 unspecified atom stereocenters. The van der Waals surface area contributed by atoms with Gasteiger partial charge >= 0.3 is 6.09 Å². The van der Waals surface area contributed by atoms with E-state index in [0.717, 1.165) is 12.0 Å². The van der Waals surface area contributed by atoms with Gasteiger partial charge in [-0.15, -0.1) is 0 Å². The van der Waals surface area contributed by atoms with Crippen molar-refractivity contribution in [3.63, 3.8) is 0 Å². The Balaban J connectivity index is 1.32. The summed E-state index contributed by atoms with van der Waals surface area (Å²) in [4.78, 5) is 29.2. The van der Waals surface area contributed by atoms with E-state index < -0.39 is 5.60 Å². The van der Waals surface area contributed by atoms with Crippen molar-refractivity contribution in [1.29, 1.82) is 5.26 Å². The Hall–Kier alpha value is -3.45. The highest BCUT2D eigenvalue weighted by atomic mass is 16.6. The predicted octanol–water partition coefficient (Wildman–Crippen LogP) is 2.15. The van der Waals surface area contributed by atoms with Crippen molar-refractivity contribution in [3.8, 4) is 11.8 Å². The van der Waals surface area contributed by atoms with E-state index in [1.54, 1.807) is 29.6 Å². The van der Waals surface area contributed by atoms with Crippen molar-refractivity contribution in [3.05, 3.63) is 42.0 Å². The molecule has 2 aliphatic rings. The van der Waals surface area contributed by atoms with Crippen LogP contribution in [0.2, 0.25) is 0 Å². The molecule has 0 spiro atoms. The van der Waals surface area contributed by atoms with Gasteiger partial charge in [0, 0.05) is 43.6 Å². The zero-order chi connectivity index (χ0) is 22.6. The third-order valence-electron chi connectivity index (χ3n) is 5.86. The normalized spacial score (nSPS) is 19.6. The van der Waals surface area contributed by atoms with Gasteiger partial charge in [0.2, 0.25) is 5.95 Å². The van der Waals surface area contributed by atoms with Gasteiger partial charge in [0.05, 0.1) is 31.2 Å². The first kappa shape index (κ1) is 21.8. The molecular weight excluding hydrogens is 412 g/mol. The summed E-state index contributed by atoms with van der Waals surface area (Å²) >= 11 is 0. The van der Waals surface area contributed by atoms with Crippen molar-refractivity contribution in [2.75, 3.05) is 37.7 Å². The number of rotatable bonds is 6. The maximum atomic E-state index is 12.6. The quantitative estimate of drug-likeness (QED) is 0.669. The van der Waals surface area contributed by atoms with Gasteiger partial charge in [-0.05, 0) is 19.4 Å². The Morgan fingerprint density at radius 1 is 1.31 bits per heavy atom. The van der Waals surface area contributed by atoms with Crippen LogP contribution in [0.3, 0.4) is 0 Å². The Bertz CT molecular complexity index is 983. The van der Waals surface area contributed by atoms with E-state index >= 15 is 0 Å². The summed E-state index contributed by atoms with van der Waals surface area (Å²) in [5, 5.41) is 9.14. The molecule has 10 nitrogen and oxygen atoms in total. The minimum Gasteiger partial charge on any atom is -0.486 e. The highest BCUT2D eigenvalue weighted by Gasteiger charge is 2.42. The largest absolute Gasteiger partial charge is 0.486 e. The van der Waals surface area contributed by atoms with Crippen LogP contribution in [0.4, 0.5) is 10.7 Å². The Morgan fingerprint density at radius 3 is 2.72 bits per heavy atom. The zero-order valence-corrected chi connectivity index (χ0v) is 18.2. The molecule has 0 aromatic carbocycles. The third kappa shape index (κ3) is 4.57. The molecule has 1 atom stereocenters. The molecule has 0 aliphatic carbocycles. The maximum Gasteiger partial charge on any atom is 0.410 e. The van der Waals surface area contributed by atoms with Crippen LogP contribution >= 0.6 is 0 Å². The molecule has 2 saturated heterocycles. The topological polar surface area (TPSA) is 114 Å². The number of piperazine rings is 1. The minimum atomic E-state index is -0.472. The number of amides is 1. The van der Waals surface area contributed by atoms with E-state index in [9.17, 15) is 4.79 Å². The fourth-order valence-electron chi connectivity index (χ4n) is 3.68. The number of nitriles is 1. The first-order valence-corrected chi connectivity index (χ1v) is 10.6. The summed E-state index contributed by atoms with van der Waals surface area (Å²) in [6.45, 7) is 6.86. The molecule has 0 N–H and O–H groups in total. The van der Waals surface area contributed by atoms with Crippen LogP contribution in [0, 0.1) is 11.3 Å². The summed E-state index contributed by atoms with van der Waals surface area (Å²) in [5.74, 6) is 1.09. The van der Waals surface area contributed by atoms with E-state index in [2.05, 4.69) is 25.9 Å². The van der Waals surface area contributed by atoms with Crippen molar-refractivity contribution in [2.45, 2.75) is 38.5 Å². The second kappa shape index (κ2) is 9.36. The smallest absolute Gasteiger partial charge is 0.410 e. The number of carbonyl (C=O) groups excluding carboxylic acids is 1. The highest BCUT2D eigenvalue weighted by molar-refractivity contribution is 5.69. The summed E-state index contributed by atoms with van der Waals surface area (Å²) in [6.07, 6.45) is 6.82. The Kier molecular flexibility index (Phi) is 6.37. The molecule has 2 aromatic heterocycles. The molecule has 4 heterocycles. The number of nitrogens with zero attached hydrogens (tertiary/aromatic N) is 6. The average Bonchev–Trinajstić information content (AvgIpc) is 2.80. The van der Waals surface area contributed by atoms with E-state index in [-0.39, 0.29) is 18.7 Å². The van der Waals surface area contributed by atoms with Gasteiger partial charge in [0.25, 0.3) is 0 Å². The lowest BCUT2D eigenvalue weighted by Crippen LogP contribution is -2.58. The first-order valence-electron chi connectivity index (χ1n) is 10.6. The number of ether oxygens (including phenoxy) is 3. The number of carbonyl (C=O) groups is 1. The summed E-state index contributed by atoms with van der Waals surface area (Å²) < 4.78 is 16.7. The Labute approximate surface area is 186 Å². The molecule has 168 valence electrons. The molecule has 4 rings (SSSR count). The molecule has 2 aliphatic heterocycles. The summed E-state index contributed by atoms with van der Waals surface area (Å²) in [6, 6.07) is 3.88. The molecule has 10 heteroatoms. The van der Waals surface area contributed by atoms with Gasteiger partial charge in [-0.25, -0.2) is 14.8 Å². The Morgan fingerprint density at radius 2 is 2.09 bits per heavy atom. The number of hydrogen-bond acceptors (Lipinski definition) is 9. The zero-order valence-electron chi connectivity index (χ0n) is 18.2. The van der Waals surface area contributed by atoms with Gasteiger partial charge < -0.3 is 24.0 Å². The van der Waals surface area contributed by atoms with Gasteiger partial charge in [0.1, 0.15) is 12.7 Å². The van der Waals surface area contributed by atoms with Crippen LogP contribution in [0.25, 0.3) is 0 Å². The van der Waals surface area contributed by atoms with E-state index in [4.69, 9.17) is 19.5 Å². The van der Waals surface area contributed by atoms with Crippen LogP contribution < -0.4 is 9.64 Å². The number of hydrogen-bond donors (Lipinski definition) is 0. The second-order valence-electron chi connectivity index (χ2n) is 8.04. The van der Waals surface area contributed by atoms with Crippen LogP contribution in [0.1, 0.15) is 31.4 Å². The van der Waals surface area contributed by atoms with Crippen LogP contribution in [0.5, 0.6) is 5.75 Å². The fraction of sp³-hybridized carbons (Fsp3) is 0.500. The van der Waals surface area contributed by atoms with Crippen LogP contribution in [-0.4, -0.2) is 70.4 Å². The van der Waals surface area contributed by atoms with Crippen molar-refractivity contribution < 1.29 is 19.0 Å². The molecule has 2 aromatic rings. The van der Waals surface area contributed by atoms with Crippen molar-refractivity contribution in [1.82, 2.24) is 19.9 Å². The number of aromatic nitrogens is 3. The number of anilines is 1. The van der Waals surface area contributed by atoms with E-state index in [1.807, 2.05) is 13.8 Å². The molecule has 0 bridgehead atoms. The molecule has 32 heavy (non-hydrogen) atoms. The molecular formula is C22H26N6O4. The van der Waals surface area contributed by atoms with Gasteiger partial charge in [-0.1, -0.05) is 6.92 Å². The monoisotopic (exact) mass is 438 g/mol. The average molecular weight is 438 g/mol. The second-order valence-corrected chi connectivity index (χ2v) is 8.04. The number of pyridine rings is 1. The predicted molar refractivity (Wildman–Crippen MR) is 114 cm³/mol. The summed E-state index contributed by atoms with van der Waals surface area (Å²) in [5.41, 5.74) is 0.757. The van der Waals surface area contributed by atoms with Crippen molar-refractivity contribution >= 4 is 12.0 Å². The highest BCUT2D eigenvalue weighted by Crippen LogP contribution is 2.27. The fourth-order valence-corrected chi connectivity index (χ4v) is 3.68. The minimum absolute atomic E-state index is 0.0355. The molecule has 2 fully saturated rings. The van der Waals surface area contributed by atoms with Crippen LogP contribution in [-0.2, 0) is 16.1 Å². The van der Waals surface area contributed by atoms with Crippen LogP contribution in [0.15, 0.2) is 30.9 Å². The molecule has 1 amide bonds.